The molecule has 0 bridgehead atoms. The lowest BCUT2D eigenvalue weighted by molar-refractivity contribution is -0.144. The topological polar surface area (TPSA) is 80.0 Å². The zero-order valence-electron chi connectivity index (χ0n) is 14.1. The van der Waals surface area contributed by atoms with E-state index in [0.717, 1.165) is 22.6 Å². The first-order chi connectivity index (χ1) is 12.2. The average molecular weight is 343 g/mol. The highest BCUT2D eigenvalue weighted by Gasteiger charge is 2.18. The third-order valence-corrected chi connectivity index (χ3v) is 3.83. The number of rotatable bonds is 7. The lowest BCUT2D eigenvalue weighted by Gasteiger charge is -2.15. The maximum absolute atomic E-state index is 11.7. The number of carbonyl (C=O) groups excluding carboxylic acids is 1. The Bertz CT molecular complexity index is 746. The smallest absolute Gasteiger partial charge is 0.323 e. The van der Waals surface area contributed by atoms with Crippen LogP contribution in [0.15, 0.2) is 42.5 Å². The van der Waals surface area contributed by atoms with Gasteiger partial charge in [0.15, 0.2) is 11.5 Å². The molecule has 1 aliphatic rings. The fraction of sp³-hybridized carbons (Fsp3) is 0.316. The van der Waals surface area contributed by atoms with Crippen molar-refractivity contribution in [2.75, 3.05) is 13.4 Å². The second-order valence-electron chi connectivity index (χ2n) is 5.65. The number of carbonyl (C=O) groups is 1. The molecular weight excluding hydrogens is 322 g/mol. The van der Waals surface area contributed by atoms with E-state index in [1.807, 2.05) is 42.5 Å². The van der Waals surface area contributed by atoms with Crippen LogP contribution in [0.3, 0.4) is 0 Å². The van der Waals surface area contributed by atoms with Crippen LogP contribution in [0.5, 0.6) is 17.2 Å². The number of hydrogen-bond donors (Lipinski definition) is 1. The second kappa shape index (κ2) is 7.90. The van der Waals surface area contributed by atoms with Crippen LogP contribution in [0.4, 0.5) is 0 Å². The summed E-state index contributed by atoms with van der Waals surface area (Å²) >= 11 is 0. The molecule has 1 heterocycles. The lowest BCUT2D eigenvalue weighted by Crippen LogP contribution is -2.34. The average Bonchev–Trinajstić information content (AvgIpc) is 3.09. The highest BCUT2D eigenvalue weighted by molar-refractivity contribution is 5.76. The summed E-state index contributed by atoms with van der Waals surface area (Å²) < 4.78 is 21.5. The van der Waals surface area contributed by atoms with E-state index >= 15 is 0 Å². The Balaban J connectivity index is 1.65. The fourth-order valence-corrected chi connectivity index (χ4v) is 2.57. The van der Waals surface area contributed by atoms with Crippen molar-refractivity contribution in [3.8, 4) is 17.2 Å². The summed E-state index contributed by atoms with van der Waals surface area (Å²) in [5.41, 5.74) is 7.74. The van der Waals surface area contributed by atoms with Gasteiger partial charge in [0.2, 0.25) is 6.79 Å². The quantitative estimate of drug-likeness (QED) is 0.778. The molecule has 6 nitrogen and oxygen atoms in total. The number of hydrogen-bond acceptors (Lipinski definition) is 6. The molecule has 0 saturated carbocycles. The van der Waals surface area contributed by atoms with E-state index in [-0.39, 0.29) is 6.79 Å². The Morgan fingerprint density at radius 3 is 2.84 bits per heavy atom. The zero-order valence-corrected chi connectivity index (χ0v) is 14.1. The Kier molecular flexibility index (Phi) is 5.40. The van der Waals surface area contributed by atoms with Crippen molar-refractivity contribution in [1.29, 1.82) is 0 Å². The van der Waals surface area contributed by atoms with Crippen molar-refractivity contribution in [3.05, 3.63) is 53.6 Å². The van der Waals surface area contributed by atoms with Gasteiger partial charge >= 0.3 is 5.97 Å². The van der Waals surface area contributed by atoms with Gasteiger partial charge < -0.3 is 24.7 Å². The van der Waals surface area contributed by atoms with Crippen LogP contribution >= 0.6 is 0 Å². The molecule has 132 valence electrons. The van der Waals surface area contributed by atoms with Gasteiger partial charge in [0.1, 0.15) is 18.4 Å². The van der Waals surface area contributed by atoms with E-state index in [1.54, 1.807) is 6.92 Å². The number of benzene rings is 2. The van der Waals surface area contributed by atoms with E-state index in [2.05, 4.69) is 0 Å². The minimum Gasteiger partial charge on any atom is -0.489 e. The molecule has 2 aromatic rings. The fourth-order valence-electron chi connectivity index (χ4n) is 2.57. The van der Waals surface area contributed by atoms with Crippen molar-refractivity contribution in [3.63, 3.8) is 0 Å². The van der Waals surface area contributed by atoms with Gasteiger partial charge in [-0.2, -0.15) is 0 Å². The van der Waals surface area contributed by atoms with Gasteiger partial charge in [-0.1, -0.05) is 24.3 Å². The Morgan fingerprint density at radius 2 is 2.00 bits per heavy atom. The molecule has 0 radical (unpaired) electrons. The second-order valence-corrected chi connectivity index (χ2v) is 5.65. The van der Waals surface area contributed by atoms with Crippen LogP contribution in [0.1, 0.15) is 18.1 Å². The molecule has 0 aromatic heterocycles. The summed E-state index contributed by atoms with van der Waals surface area (Å²) in [6.07, 6.45) is 0.357. The van der Waals surface area contributed by atoms with Gasteiger partial charge in [0.25, 0.3) is 0 Å². The first kappa shape index (κ1) is 17.1. The molecule has 1 aliphatic heterocycles. The molecule has 0 fully saturated rings. The molecule has 1 unspecified atom stereocenters. The Morgan fingerprint density at radius 1 is 1.20 bits per heavy atom. The highest BCUT2D eigenvalue weighted by Crippen LogP contribution is 2.33. The van der Waals surface area contributed by atoms with Crippen LogP contribution in [0.25, 0.3) is 0 Å². The van der Waals surface area contributed by atoms with Gasteiger partial charge in [-0.05, 0) is 36.2 Å². The molecule has 0 amide bonds. The van der Waals surface area contributed by atoms with E-state index in [4.69, 9.17) is 24.7 Å². The lowest BCUT2D eigenvalue weighted by atomic mass is 10.1. The minimum absolute atomic E-state index is 0.244. The molecule has 25 heavy (non-hydrogen) atoms. The van der Waals surface area contributed by atoms with Crippen molar-refractivity contribution in [2.24, 2.45) is 5.73 Å². The molecule has 2 aromatic carbocycles. The van der Waals surface area contributed by atoms with Crippen molar-refractivity contribution >= 4 is 5.97 Å². The van der Waals surface area contributed by atoms with E-state index in [9.17, 15) is 4.79 Å². The Hall–Kier alpha value is -2.73. The van der Waals surface area contributed by atoms with Gasteiger partial charge in [-0.25, -0.2) is 0 Å². The first-order valence-electron chi connectivity index (χ1n) is 8.19. The highest BCUT2D eigenvalue weighted by atomic mass is 16.7. The molecule has 0 saturated heterocycles. The predicted octanol–water partition coefficient (Wildman–Crippen LogP) is 2.43. The standard InChI is InChI=1S/C19H21NO5/c1-2-22-19(21)15(20)10-14-5-3-4-6-16(14)23-11-13-7-8-17-18(9-13)25-12-24-17/h3-9,15H,2,10-12,20H2,1H3. The number of para-hydroxylation sites is 1. The summed E-state index contributed by atoms with van der Waals surface area (Å²) in [4.78, 5) is 11.7. The molecule has 3 rings (SSSR count). The van der Waals surface area contributed by atoms with Crippen LogP contribution in [-0.2, 0) is 22.6 Å². The summed E-state index contributed by atoms with van der Waals surface area (Å²) in [7, 11) is 0. The molecule has 2 N–H and O–H groups in total. The van der Waals surface area contributed by atoms with Crippen molar-refractivity contribution < 1.29 is 23.7 Å². The van der Waals surface area contributed by atoms with E-state index in [0.29, 0.717) is 25.4 Å². The number of fused-ring (bicyclic) bond motifs is 1. The Labute approximate surface area is 146 Å². The van der Waals surface area contributed by atoms with Gasteiger partial charge in [-0.15, -0.1) is 0 Å². The van der Waals surface area contributed by atoms with Gasteiger partial charge in [0.05, 0.1) is 6.61 Å². The van der Waals surface area contributed by atoms with E-state index in [1.165, 1.54) is 0 Å². The summed E-state index contributed by atoms with van der Waals surface area (Å²) in [6, 6.07) is 12.5. The normalized spacial score (nSPS) is 13.4. The third kappa shape index (κ3) is 4.22. The largest absolute Gasteiger partial charge is 0.489 e. The number of esters is 1. The van der Waals surface area contributed by atoms with Gasteiger partial charge in [-0.3, -0.25) is 4.79 Å². The van der Waals surface area contributed by atoms with Gasteiger partial charge in [0, 0.05) is 6.42 Å². The van der Waals surface area contributed by atoms with Crippen LogP contribution in [-0.4, -0.2) is 25.4 Å². The third-order valence-electron chi connectivity index (χ3n) is 3.83. The summed E-state index contributed by atoms with van der Waals surface area (Å²) in [5.74, 6) is 1.75. The monoisotopic (exact) mass is 343 g/mol. The van der Waals surface area contributed by atoms with Crippen LogP contribution in [0, 0.1) is 0 Å². The number of ether oxygens (including phenoxy) is 4. The zero-order chi connectivity index (χ0) is 17.6. The molecule has 1 atom stereocenters. The first-order valence-corrected chi connectivity index (χ1v) is 8.19. The molecule has 6 heteroatoms. The molecular formula is C19H21NO5. The predicted molar refractivity (Wildman–Crippen MR) is 91.7 cm³/mol. The molecule has 0 aliphatic carbocycles. The van der Waals surface area contributed by atoms with Crippen LogP contribution < -0.4 is 19.9 Å². The number of nitrogens with two attached hydrogens (primary N) is 1. The van der Waals surface area contributed by atoms with Crippen LogP contribution in [0.2, 0.25) is 0 Å². The maximum Gasteiger partial charge on any atom is 0.323 e. The summed E-state index contributed by atoms with van der Waals surface area (Å²) in [5, 5.41) is 0. The maximum atomic E-state index is 11.7. The van der Waals surface area contributed by atoms with E-state index < -0.39 is 12.0 Å². The van der Waals surface area contributed by atoms with Crippen molar-refractivity contribution in [2.45, 2.75) is 26.0 Å². The van der Waals surface area contributed by atoms with Crippen molar-refractivity contribution in [1.82, 2.24) is 0 Å². The molecule has 0 spiro atoms. The SMILES string of the molecule is CCOC(=O)C(N)Cc1ccccc1OCc1ccc2c(c1)OCO2. The minimum atomic E-state index is -0.713. The summed E-state index contributed by atoms with van der Waals surface area (Å²) in [6.45, 7) is 2.69.